The smallest absolute Gasteiger partial charge is 0.137 e. The molecule has 1 atom stereocenters. The average Bonchev–Trinajstić information content (AvgIpc) is 2.81. The van der Waals surface area contributed by atoms with Crippen molar-refractivity contribution in [3.63, 3.8) is 0 Å². The maximum atomic E-state index is 13.5. The first-order valence-electron chi connectivity index (χ1n) is 5.95. The van der Waals surface area contributed by atoms with Crippen molar-refractivity contribution in [2.24, 2.45) is 5.73 Å². The zero-order valence-electron chi connectivity index (χ0n) is 11.1. The molecule has 0 saturated heterocycles. The van der Waals surface area contributed by atoms with Crippen molar-refractivity contribution in [3.8, 4) is 0 Å². The Morgan fingerprint density at radius 1 is 1.37 bits per heavy atom. The van der Waals surface area contributed by atoms with Crippen LogP contribution in [-0.4, -0.2) is 4.98 Å². The summed E-state index contributed by atoms with van der Waals surface area (Å²) < 4.78 is 14.0. The van der Waals surface area contributed by atoms with Gasteiger partial charge in [-0.2, -0.15) is 0 Å². The minimum Gasteiger partial charge on any atom is -0.318 e. The van der Waals surface area contributed by atoms with Gasteiger partial charge in [-0.25, -0.2) is 9.37 Å². The van der Waals surface area contributed by atoms with Crippen LogP contribution in [0.3, 0.4) is 0 Å². The lowest BCUT2D eigenvalue weighted by atomic mass is 9.93. The summed E-state index contributed by atoms with van der Waals surface area (Å²) in [5.41, 5.74) is 7.90. The number of benzene rings is 1. The molecule has 19 heavy (non-hydrogen) atoms. The molecule has 1 aromatic carbocycles. The Morgan fingerprint density at radius 3 is 2.58 bits per heavy atom. The van der Waals surface area contributed by atoms with Gasteiger partial charge >= 0.3 is 0 Å². The maximum absolute atomic E-state index is 13.5. The molecule has 0 amide bonds. The molecule has 2 N–H and O–H groups in total. The second-order valence-corrected chi connectivity index (χ2v) is 7.22. The van der Waals surface area contributed by atoms with Gasteiger partial charge in [0, 0.05) is 10.8 Å². The summed E-state index contributed by atoms with van der Waals surface area (Å²) in [7, 11) is 0. The molecular weight excluding hydrogens is 327 g/mol. The van der Waals surface area contributed by atoms with Gasteiger partial charge in [0.25, 0.3) is 0 Å². The van der Waals surface area contributed by atoms with Crippen molar-refractivity contribution in [3.05, 3.63) is 50.1 Å². The highest BCUT2D eigenvalue weighted by molar-refractivity contribution is 9.10. The van der Waals surface area contributed by atoms with E-state index in [9.17, 15) is 4.39 Å². The summed E-state index contributed by atoms with van der Waals surface area (Å²) in [6.07, 6.45) is 0. The number of aromatic nitrogens is 1. The van der Waals surface area contributed by atoms with Crippen molar-refractivity contribution in [1.82, 2.24) is 4.98 Å². The van der Waals surface area contributed by atoms with Crippen molar-refractivity contribution in [2.75, 3.05) is 0 Å². The van der Waals surface area contributed by atoms with E-state index in [1.165, 1.54) is 17.4 Å². The predicted molar refractivity (Wildman–Crippen MR) is 80.9 cm³/mol. The van der Waals surface area contributed by atoms with Crippen LogP contribution in [0.25, 0.3) is 0 Å². The Morgan fingerprint density at radius 2 is 2.05 bits per heavy atom. The topological polar surface area (TPSA) is 38.9 Å². The van der Waals surface area contributed by atoms with Crippen LogP contribution in [0.1, 0.15) is 43.1 Å². The Balaban J connectivity index is 2.31. The van der Waals surface area contributed by atoms with Gasteiger partial charge in [-0.15, -0.1) is 11.3 Å². The number of halogens is 2. The summed E-state index contributed by atoms with van der Waals surface area (Å²) in [5.74, 6) is -0.305. The standard InChI is InChI=1S/C14H16BrFN2S/c1-14(2,3)11-7-19-13(18-11)12(17)8-4-5-9(15)10(16)6-8/h4-7,12H,17H2,1-3H3. The molecule has 0 saturated carbocycles. The lowest BCUT2D eigenvalue weighted by molar-refractivity contribution is 0.569. The average molecular weight is 343 g/mol. The predicted octanol–water partition coefficient (Wildman–Crippen LogP) is 4.39. The van der Waals surface area contributed by atoms with E-state index in [0.29, 0.717) is 4.47 Å². The SMILES string of the molecule is CC(C)(C)c1csc(C(N)c2ccc(Br)c(F)c2)n1. The first kappa shape index (κ1) is 14.6. The summed E-state index contributed by atoms with van der Waals surface area (Å²) in [5, 5.41) is 2.83. The molecule has 1 aromatic heterocycles. The molecule has 0 aliphatic rings. The fraction of sp³-hybridized carbons (Fsp3) is 0.357. The zero-order valence-corrected chi connectivity index (χ0v) is 13.5. The van der Waals surface area contributed by atoms with E-state index >= 15 is 0 Å². The second kappa shape index (κ2) is 5.31. The van der Waals surface area contributed by atoms with Crippen LogP contribution in [-0.2, 0) is 5.41 Å². The summed E-state index contributed by atoms with van der Waals surface area (Å²) in [4.78, 5) is 4.57. The monoisotopic (exact) mass is 342 g/mol. The molecule has 5 heteroatoms. The van der Waals surface area contributed by atoms with Crippen LogP contribution in [0, 0.1) is 5.82 Å². The van der Waals surface area contributed by atoms with Crippen LogP contribution in [0.2, 0.25) is 0 Å². The lowest BCUT2D eigenvalue weighted by Gasteiger charge is -2.15. The number of nitrogens with two attached hydrogens (primary N) is 1. The summed E-state index contributed by atoms with van der Waals surface area (Å²) >= 11 is 4.66. The van der Waals surface area contributed by atoms with Crippen molar-refractivity contribution < 1.29 is 4.39 Å². The molecule has 0 spiro atoms. The molecule has 102 valence electrons. The van der Waals surface area contributed by atoms with Gasteiger partial charge in [0.1, 0.15) is 10.8 Å². The molecule has 1 unspecified atom stereocenters. The number of rotatable bonds is 2. The van der Waals surface area contributed by atoms with Gasteiger partial charge in [-0.05, 0) is 33.6 Å². The molecule has 2 nitrogen and oxygen atoms in total. The molecule has 2 aromatic rings. The van der Waals surface area contributed by atoms with E-state index in [-0.39, 0.29) is 17.3 Å². The van der Waals surface area contributed by atoms with Crippen LogP contribution < -0.4 is 5.73 Å². The number of nitrogens with zero attached hydrogens (tertiary/aromatic N) is 1. The van der Waals surface area contributed by atoms with Gasteiger partial charge in [-0.3, -0.25) is 0 Å². The van der Waals surface area contributed by atoms with E-state index in [1.54, 1.807) is 6.07 Å². The van der Waals surface area contributed by atoms with Crippen LogP contribution in [0.4, 0.5) is 4.39 Å². The van der Waals surface area contributed by atoms with Crippen molar-refractivity contribution in [2.45, 2.75) is 32.2 Å². The molecule has 0 aliphatic heterocycles. The molecule has 0 aliphatic carbocycles. The largest absolute Gasteiger partial charge is 0.318 e. The van der Waals surface area contributed by atoms with E-state index in [4.69, 9.17) is 5.73 Å². The molecule has 1 heterocycles. The first-order chi connectivity index (χ1) is 8.79. The molecule has 2 rings (SSSR count). The van der Waals surface area contributed by atoms with Crippen LogP contribution >= 0.6 is 27.3 Å². The Kier molecular flexibility index (Phi) is 4.08. The van der Waals surface area contributed by atoms with Crippen LogP contribution in [0.15, 0.2) is 28.1 Å². The summed E-state index contributed by atoms with van der Waals surface area (Å²) in [6, 6.07) is 4.55. The van der Waals surface area contributed by atoms with Gasteiger partial charge in [0.05, 0.1) is 16.2 Å². The first-order valence-corrected chi connectivity index (χ1v) is 7.63. The minimum absolute atomic E-state index is 0.000560. The highest BCUT2D eigenvalue weighted by Crippen LogP contribution is 2.29. The minimum atomic E-state index is -0.385. The van der Waals surface area contributed by atoms with Gasteiger partial charge in [0.2, 0.25) is 0 Å². The molecule has 0 radical (unpaired) electrons. The van der Waals surface area contributed by atoms with Crippen LogP contribution in [0.5, 0.6) is 0 Å². The normalized spacial score (nSPS) is 13.6. The fourth-order valence-corrected chi connectivity index (χ4v) is 2.94. The lowest BCUT2D eigenvalue weighted by Crippen LogP contribution is -2.15. The van der Waals surface area contributed by atoms with E-state index in [2.05, 4.69) is 41.7 Å². The highest BCUT2D eigenvalue weighted by atomic mass is 79.9. The molecule has 0 fully saturated rings. The van der Waals surface area contributed by atoms with Gasteiger partial charge in [0.15, 0.2) is 0 Å². The third kappa shape index (κ3) is 3.22. The quantitative estimate of drug-likeness (QED) is 0.878. The number of thiazole rings is 1. The number of hydrogen-bond donors (Lipinski definition) is 1. The Bertz CT molecular complexity index is 589. The number of hydrogen-bond acceptors (Lipinski definition) is 3. The summed E-state index contributed by atoms with van der Waals surface area (Å²) in [6.45, 7) is 6.32. The Labute approximate surface area is 125 Å². The van der Waals surface area contributed by atoms with E-state index < -0.39 is 0 Å². The fourth-order valence-electron chi connectivity index (χ4n) is 1.62. The molecule has 0 bridgehead atoms. The highest BCUT2D eigenvalue weighted by Gasteiger charge is 2.20. The van der Waals surface area contributed by atoms with Gasteiger partial charge in [-0.1, -0.05) is 26.8 Å². The maximum Gasteiger partial charge on any atom is 0.137 e. The Hall–Kier alpha value is -0.780. The third-order valence-corrected chi connectivity index (χ3v) is 4.43. The molecular formula is C14H16BrFN2S. The van der Waals surface area contributed by atoms with Gasteiger partial charge < -0.3 is 5.73 Å². The van der Waals surface area contributed by atoms with Crippen molar-refractivity contribution >= 4 is 27.3 Å². The third-order valence-electron chi connectivity index (χ3n) is 2.86. The van der Waals surface area contributed by atoms with Crippen molar-refractivity contribution in [1.29, 1.82) is 0 Å². The van der Waals surface area contributed by atoms with E-state index in [0.717, 1.165) is 16.3 Å². The van der Waals surface area contributed by atoms with E-state index in [1.807, 2.05) is 11.4 Å². The second-order valence-electron chi connectivity index (χ2n) is 5.47. The zero-order chi connectivity index (χ0) is 14.2.